The maximum Gasteiger partial charge on any atom is 0.0416 e. The maximum absolute atomic E-state index is 4.30. The van der Waals surface area contributed by atoms with Crippen molar-refractivity contribution < 1.29 is 0 Å². The molecule has 94 valence electrons. The van der Waals surface area contributed by atoms with E-state index in [1.165, 1.54) is 12.0 Å². The number of nitrogens with one attached hydrogen (secondary N) is 1. The fourth-order valence-electron chi connectivity index (χ4n) is 1.95. The molecule has 0 unspecified atom stereocenters. The minimum absolute atomic E-state index is 1.01. The summed E-state index contributed by atoms with van der Waals surface area (Å²) in [6.07, 6.45) is 5.20. The largest absolute Gasteiger partial charge is 0.316 e. The molecule has 0 aliphatic rings. The molecule has 0 saturated carbocycles. The lowest BCUT2D eigenvalue weighted by molar-refractivity contribution is 0.643. The number of hydrogen-bond donors (Lipinski definition) is 1. The smallest absolute Gasteiger partial charge is 0.0416 e. The highest BCUT2D eigenvalue weighted by atomic mass is 14.8. The second-order valence-electron chi connectivity index (χ2n) is 4.41. The van der Waals surface area contributed by atoms with Crippen molar-refractivity contribution >= 4 is 0 Å². The summed E-state index contributed by atoms with van der Waals surface area (Å²) in [4.78, 5) is 4.30. The van der Waals surface area contributed by atoms with Crippen molar-refractivity contribution in [2.45, 2.75) is 19.3 Å². The van der Waals surface area contributed by atoms with E-state index in [9.17, 15) is 0 Å². The van der Waals surface area contributed by atoms with Crippen LogP contribution in [0.4, 0.5) is 0 Å². The van der Waals surface area contributed by atoms with E-state index < -0.39 is 0 Å². The van der Waals surface area contributed by atoms with Gasteiger partial charge in [-0.15, -0.1) is 0 Å². The molecule has 1 heterocycles. The molecule has 0 radical (unpaired) electrons. The Bertz CT molecular complexity index is 382. The molecule has 2 nitrogen and oxygen atoms in total. The van der Waals surface area contributed by atoms with Gasteiger partial charge in [-0.25, -0.2) is 0 Å². The summed E-state index contributed by atoms with van der Waals surface area (Å²) in [5.41, 5.74) is 2.58. The van der Waals surface area contributed by atoms with Gasteiger partial charge in [0.2, 0.25) is 0 Å². The van der Waals surface area contributed by atoms with E-state index >= 15 is 0 Å². The SMILES string of the molecule is c1ccc(CCCNCCc2ccccn2)cc1. The predicted octanol–water partition coefficient (Wildman–Crippen LogP) is 2.85. The highest BCUT2D eigenvalue weighted by molar-refractivity contribution is 5.14. The van der Waals surface area contributed by atoms with Gasteiger partial charge in [0.1, 0.15) is 0 Å². The molecule has 2 rings (SSSR count). The van der Waals surface area contributed by atoms with Crippen LogP contribution in [0.1, 0.15) is 17.7 Å². The van der Waals surface area contributed by atoms with Crippen LogP contribution in [-0.4, -0.2) is 18.1 Å². The van der Waals surface area contributed by atoms with Gasteiger partial charge >= 0.3 is 0 Å². The topological polar surface area (TPSA) is 24.9 Å². The summed E-state index contributed by atoms with van der Waals surface area (Å²) in [6, 6.07) is 16.7. The monoisotopic (exact) mass is 240 g/mol. The van der Waals surface area contributed by atoms with E-state index in [-0.39, 0.29) is 0 Å². The number of pyridine rings is 1. The van der Waals surface area contributed by atoms with Crippen LogP contribution in [0.25, 0.3) is 0 Å². The first-order chi connectivity index (χ1) is 8.95. The molecule has 0 atom stereocenters. The molecule has 18 heavy (non-hydrogen) atoms. The van der Waals surface area contributed by atoms with Crippen LogP contribution >= 0.6 is 0 Å². The Morgan fingerprint density at radius 1 is 0.833 bits per heavy atom. The van der Waals surface area contributed by atoms with Crippen LogP contribution in [0.3, 0.4) is 0 Å². The first-order valence-corrected chi connectivity index (χ1v) is 6.60. The number of benzene rings is 1. The van der Waals surface area contributed by atoms with Crippen molar-refractivity contribution in [2.24, 2.45) is 0 Å². The Morgan fingerprint density at radius 3 is 2.44 bits per heavy atom. The van der Waals surface area contributed by atoms with Gasteiger partial charge in [0.05, 0.1) is 0 Å². The molecule has 0 aliphatic carbocycles. The molecule has 1 aromatic heterocycles. The van der Waals surface area contributed by atoms with Crippen LogP contribution in [0.5, 0.6) is 0 Å². The van der Waals surface area contributed by atoms with Crippen molar-refractivity contribution in [1.29, 1.82) is 0 Å². The first kappa shape index (κ1) is 12.8. The van der Waals surface area contributed by atoms with Gasteiger partial charge in [-0.2, -0.15) is 0 Å². The first-order valence-electron chi connectivity index (χ1n) is 6.60. The lowest BCUT2D eigenvalue weighted by Crippen LogP contribution is -2.19. The number of hydrogen-bond acceptors (Lipinski definition) is 2. The third-order valence-corrected chi connectivity index (χ3v) is 2.95. The Kier molecular flexibility index (Phi) is 5.41. The van der Waals surface area contributed by atoms with Gasteiger partial charge in [-0.05, 0) is 37.1 Å². The third-order valence-electron chi connectivity index (χ3n) is 2.95. The van der Waals surface area contributed by atoms with Crippen LogP contribution in [0.2, 0.25) is 0 Å². The average Bonchev–Trinajstić information content (AvgIpc) is 2.45. The summed E-state index contributed by atoms with van der Waals surface area (Å²) in [7, 11) is 0. The second kappa shape index (κ2) is 7.62. The average molecular weight is 240 g/mol. The van der Waals surface area contributed by atoms with Crippen molar-refractivity contribution in [1.82, 2.24) is 10.3 Å². The van der Waals surface area contributed by atoms with Gasteiger partial charge in [-0.3, -0.25) is 4.98 Å². The highest BCUT2D eigenvalue weighted by Gasteiger charge is 1.94. The zero-order chi connectivity index (χ0) is 12.5. The molecular weight excluding hydrogens is 220 g/mol. The van der Waals surface area contributed by atoms with E-state index in [1.807, 2.05) is 18.3 Å². The highest BCUT2D eigenvalue weighted by Crippen LogP contribution is 2.01. The van der Waals surface area contributed by atoms with Crippen molar-refractivity contribution in [3.05, 3.63) is 66.0 Å². The van der Waals surface area contributed by atoms with Gasteiger partial charge in [0.15, 0.2) is 0 Å². The quantitative estimate of drug-likeness (QED) is 0.753. The molecule has 0 saturated heterocycles. The van der Waals surface area contributed by atoms with E-state index in [0.29, 0.717) is 0 Å². The number of nitrogens with zero attached hydrogens (tertiary/aromatic N) is 1. The molecule has 0 fully saturated rings. The molecule has 1 N–H and O–H groups in total. The van der Waals surface area contributed by atoms with Crippen LogP contribution in [0.15, 0.2) is 54.7 Å². The summed E-state index contributed by atoms with van der Waals surface area (Å²) in [6.45, 7) is 2.08. The molecule has 2 heteroatoms. The van der Waals surface area contributed by atoms with Gasteiger partial charge in [0, 0.05) is 24.9 Å². The Hall–Kier alpha value is -1.67. The van der Waals surface area contributed by atoms with Gasteiger partial charge in [-0.1, -0.05) is 36.4 Å². The van der Waals surface area contributed by atoms with Crippen molar-refractivity contribution in [2.75, 3.05) is 13.1 Å². The summed E-state index contributed by atoms with van der Waals surface area (Å²) >= 11 is 0. The summed E-state index contributed by atoms with van der Waals surface area (Å²) in [5, 5.41) is 3.46. The molecule has 0 spiro atoms. The molecule has 2 aromatic rings. The molecular formula is C16H20N2. The molecule has 1 aromatic carbocycles. The molecule has 0 bridgehead atoms. The lowest BCUT2D eigenvalue weighted by atomic mass is 10.1. The second-order valence-corrected chi connectivity index (χ2v) is 4.41. The van der Waals surface area contributed by atoms with E-state index in [4.69, 9.17) is 0 Å². The van der Waals surface area contributed by atoms with Crippen LogP contribution in [0, 0.1) is 0 Å². The van der Waals surface area contributed by atoms with Gasteiger partial charge < -0.3 is 5.32 Å². The zero-order valence-electron chi connectivity index (χ0n) is 10.7. The molecule has 0 amide bonds. The fourth-order valence-corrected chi connectivity index (χ4v) is 1.95. The Balaban J connectivity index is 1.54. The zero-order valence-corrected chi connectivity index (χ0v) is 10.7. The summed E-state index contributed by atoms with van der Waals surface area (Å²) in [5.74, 6) is 0. The fraction of sp³-hybridized carbons (Fsp3) is 0.312. The van der Waals surface area contributed by atoms with E-state index in [0.717, 1.165) is 31.6 Å². The standard InChI is InChI=1S/C16H20N2/c1-2-7-15(8-3-1)9-6-12-17-14-11-16-10-4-5-13-18-16/h1-5,7-8,10,13,17H,6,9,11-12,14H2. The Morgan fingerprint density at radius 2 is 1.67 bits per heavy atom. The molecule has 0 aliphatic heterocycles. The summed E-state index contributed by atoms with van der Waals surface area (Å²) < 4.78 is 0. The van der Waals surface area contributed by atoms with E-state index in [2.05, 4.69) is 46.7 Å². The predicted molar refractivity (Wildman–Crippen MR) is 75.6 cm³/mol. The lowest BCUT2D eigenvalue weighted by Gasteiger charge is -2.04. The minimum atomic E-state index is 1.01. The van der Waals surface area contributed by atoms with Crippen molar-refractivity contribution in [3.8, 4) is 0 Å². The minimum Gasteiger partial charge on any atom is -0.316 e. The Labute approximate surface area is 109 Å². The maximum atomic E-state index is 4.30. The normalized spacial score (nSPS) is 10.4. The van der Waals surface area contributed by atoms with Gasteiger partial charge in [0.25, 0.3) is 0 Å². The van der Waals surface area contributed by atoms with Crippen molar-refractivity contribution in [3.63, 3.8) is 0 Å². The third kappa shape index (κ3) is 4.68. The number of rotatable bonds is 7. The van der Waals surface area contributed by atoms with E-state index in [1.54, 1.807) is 0 Å². The van der Waals surface area contributed by atoms with Crippen LogP contribution < -0.4 is 5.32 Å². The van der Waals surface area contributed by atoms with Crippen LogP contribution in [-0.2, 0) is 12.8 Å². The number of aryl methyl sites for hydroxylation is 1. The number of aromatic nitrogens is 1.